The first-order valence-electron chi connectivity index (χ1n) is 6.18. The van der Waals surface area contributed by atoms with Gasteiger partial charge in [0.25, 0.3) is 0 Å². The molecule has 0 unspecified atom stereocenters. The van der Waals surface area contributed by atoms with Gasteiger partial charge >= 0.3 is 5.97 Å². The number of rotatable bonds is 4. The standard InChI is InChI=1S/C14H18O4/c1-10(13-7-12(15)8-14(16)18-13)17-9-11-5-3-2-4-6-11/h2-6,10,12-13,15H,7-9H2,1H3/t10-,12-,13+/m1/s1. The van der Waals surface area contributed by atoms with Crippen molar-refractivity contribution in [1.82, 2.24) is 0 Å². The van der Waals surface area contributed by atoms with E-state index >= 15 is 0 Å². The molecule has 0 saturated carbocycles. The number of hydrogen-bond acceptors (Lipinski definition) is 4. The molecular formula is C14H18O4. The van der Waals surface area contributed by atoms with E-state index in [0.717, 1.165) is 5.56 Å². The van der Waals surface area contributed by atoms with E-state index in [1.54, 1.807) is 0 Å². The molecule has 1 heterocycles. The molecule has 1 aromatic rings. The first kappa shape index (κ1) is 13.1. The van der Waals surface area contributed by atoms with Crippen LogP contribution in [0.1, 0.15) is 25.3 Å². The lowest BCUT2D eigenvalue weighted by Crippen LogP contribution is -2.40. The SMILES string of the molecule is C[C@@H](OCc1ccccc1)[C@@H]1C[C@@H](O)CC(=O)O1. The zero-order valence-electron chi connectivity index (χ0n) is 10.4. The van der Waals surface area contributed by atoms with E-state index in [0.29, 0.717) is 13.0 Å². The van der Waals surface area contributed by atoms with Crippen molar-refractivity contribution in [2.75, 3.05) is 0 Å². The maximum absolute atomic E-state index is 11.2. The van der Waals surface area contributed by atoms with E-state index < -0.39 is 6.10 Å². The second kappa shape index (κ2) is 5.98. The Labute approximate surface area is 107 Å². The van der Waals surface area contributed by atoms with Crippen molar-refractivity contribution in [2.24, 2.45) is 0 Å². The number of aliphatic hydroxyl groups is 1. The van der Waals surface area contributed by atoms with Gasteiger partial charge in [0.15, 0.2) is 0 Å². The smallest absolute Gasteiger partial charge is 0.308 e. The van der Waals surface area contributed by atoms with E-state index in [1.165, 1.54) is 0 Å². The van der Waals surface area contributed by atoms with Gasteiger partial charge < -0.3 is 14.6 Å². The highest BCUT2D eigenvalue weighted by Crippen LogP contribution is 2.20. The van der Waals surface area contributed by atoms with E-state index in [-0.39, 0.29) is 24.6 Å². The van der Waals surface area contributed by atoms with Gasteiger partial charge in [-0.05, 0) is 12.5 Å². The fourth-order valence-electron chi connectivity index (χ4n) is 2.01. The van der Waals surface area contributed by atoms with Gasteiger partial charge in [0, 0.05) is 6.42 Å². The van der Waals surface area contributed by atoms with Crippen LogP contribution in [0, 0.1) is 0 Å². The van der Waals surface area contributed by atoms with Crippen LogP contribution in [-0.2, 0) is 20.9 Å². The minimum atomic E-state index is -0.612. The zero-order chi connectivity index (χ0) is 13.0. The number of benzene rings is 1. The van der Waals surface area contributed by atoms with Crippen molar-refractivity contribution in [3.8, 4) is 0 Å². The van der Waals surface area contributed by atoms with Crippen LogP contribution in [0.2, 0.25) is 0 Å². The molecule has 3 atom stereocenters. The van der Waals surface area contributed by atoms with Gasteiger partial charge in [-0.2, -0.15) is 0 Å². The van der Waals surface area contributed by atoms with Gasteiger partial charge in [0.05, 0.1) is 25.2 Å². The van der Waals surface area contributed by atoms with Crippen molar-refractivity contribution >= 4 is 5.97 Å². The third kappa shape index (κ3) is 3.55. The number of aliphatic hydroxyl groups excluding tert-OH is 1. The van der Waals surface area contributed by atoms with Crippen LogP contribution in [0.4, 0.5) is 0 Å². The van der Waals surface area contributed by atoms with Crippen molar-refractivity contribution < 1.29 is 19.4 Å². The summed E-state index contributed by atoms with van der Waals surface area (Å²) in [5.74, 6) is -0.353. The van der Waals surface area contributed by atoms with Crippen molar-refractivity contribution in [3.05, 3.63) is 35.9 Å². The Morgan fingerprint density at radius 1 is 1.44 bits per heavy atom. The minimum absolute atomic E-state index is 0.0852. The summed E-state index contributed by atoms with van der Waals surface area (Å²) in [6.07, 6.45) is -0.656. The molecule has 1 aromatic carbocycles. The Balaban J connectivity index is 1.84. The second-order valence-electron chi connectivity index (χ2n) is 4.62. The lowest BCUT2D eigenvalue weighted by atomic mass is 10.0. The Kier molecular flexibility index (Phi) is 4.33. The average Bonchev–Trinajstić information content (AvgIpc) is 2.36. The van der Waals surface area contributed by atoms with Crippen LogP contribution in [0.15, 0.2) is 30.3 Å². The summed E-state index contributed by atoms with van der Waals surface area (Å²) in [5.41, 5.74) is 1.08. The molecule has 0 aromatic heterocycles. The first-order chi connectivity index (χ1) is 8.65. The maximum Gasteiger partial charge on any atom is 0.308 e. The second-order valence-corrected chi connectivity index (χ2v) is 4.62. The summed E-state index contributed by atoms with van der Waals surface area (Å²) >= 11 is 0. The van der Waals surface area contributed by atoms with E-state index in [2.05, 4.69) is 0 Å². The number of hydrogen-bond donors (Lipinski definition) is 1. The topological polar surface area (TPSA) is 55.8 Å². The molecule has 4 heteroatoms. The highest BCUT2D eigenvalue weighted by atomic mass is 16.6. The first-order valence-corrected chi connectivity index (χ1v) is 6.18. The molecule has 4 nitrogen and oxygen atoms in total. The van der Waals surface area contributed by atoms with Gasteiger partial charge in [-0.25, -0.2) is 0 Å². The van der Waals surface area contributed by atoms with Crippen LogP contribution < -0.4 is 0 Å². The normalized spacial score (nSPS) is 25.6. The molecule has 0 radical (unpaired) electrons. The van der Waals surface area contributed by atoms with Crippen LogP contribution in [0.3, 0.4) is 0 Å². The van der Waals surface area contributed by atoms with Gasteiger partial charge in [-0.1, -0.05) is 30.3 Å². The molecule has 0 spiro atoms. The Morgan fingerprint density at radius 2 is 2.17 bits per heavy atom. The Morgan fingerprint density at radius 3 is 2.83 bits per heavy atom. The monoisotopic (exact) mass is 250 g/mol. The fourth-order valence-corrected chi connectivity index (χ4v) is 2.01. The van der Waals surface area contributed by atoms with E-state index in [1.807, 2.05) is 37.3 Å². The van der Waals surface area contributed by atoms with Gasteiger partial charge in [-0.3, -0.25) is 4.79 Å². The third-order valence-corrected chi connectivity index (χ3v) is 3.07. The molecule has 1 aliphatic heterocycles. The van der Waals surface area contributed by atoms with Crippen LogP contribution in [0.25, 0.3) is 0 Å². The molecule has 98 valence electrons. The molecule has 1 aliphatic rings. The highest BCUT2D eigenvalue weighted by Gasteiger charge is 2.31. The molecular weight excluding hydrogens is 232 g/mol. The van der Waals surface area contributed by atoms with E-state index in [4.69, 9.17) is 9.47 Å². The molecule has 2 rings (SSSR count). The number of ether oxygens (including phenoxy) is 2. The number of cyclic esters (lactones) is 1. The van der Waals surface area contributed by atoms with Gasteiger partial charge in [0.1, 0.15) is 6.10 Å². The predicted molar refractivity (Wildman–Crippen MR) is 65.8 cm³/mol. The van der Waals surface area contributed by atoms with Gasteiger partial charge in [-0.15, -0.1) is 0 Å². The van der Waals surface area contributed by atoms with Gasteiger partial charge in [0.2, 0.25) is 0 Å². The van der Waals surface area contributed by atoms with Crippen molar-refractivity contribution in [2.45, 2.75) is 44.7 Å². The molecule has 1 N–H and O–H groups in total. The summed E-state index contributed by atoms with van der Waals surface area (Å²) in [7, 11) is 0. The lowest BCUT2D eigenvalue weighted by Gasteiger charge is -2.30. The summed E-state index contributed by atoms with van der Waals surface area (Å²) < 4.78 is 10.9. The molecule has 18 heavy (non-hydrogen) atoms. The van der Waals surface area contributed by atoms with Crippen LogP contribution >= 0.6 is 0 Å². The lowest BCUT2D eigenvalue weighted by molar-refractivity contribution is -0.171. The third-order valence-electron chi connectivity index (χ3n) is 3.07. The van der Waals surface area contributed by atoms with Crippen molar-refractivity contribution in [3.63, 3.8) is 0 Å². The van der Waals surface area contributed by atoms with Crippen LogP contribution in [0.5, 0.6) is 0 Å². The Bertz CT molecular complexity index is 390. The molecule has 0 aliphatic carbocycles. The molecule has 1 fully saturated rings. The summed E-state index contributed by atoms with van der Waals surface area (Å²) in [6.45, 7) is 2.34. The van der Waals surface area contributed by atoms with Crippen LogP contribution in [-0.4, -0.2) is 29.4 Å². The van der Waals surface area contributed by atoms with E-state index in [9.17, 15) is 9.90 Å². The number of esters is 1. The van der Waals surface area contributed by atoms with Crippen molar-refractivity contribution in [1.29, 1.82) is 0 Å². The molecule has 0 bridgehead atoms. The molecule has 1 saturated heterocycles. The summed E-state index contributed by atoms with van der Waals surface area (Å²) in [6, 6.07) is 9.82. The Hall–Kier alpha value is -1.39. The number of carbonyl (C=O) groups is 1. The summed E-state index contributed by atoms with van der Waals surface area (Å²) in [4.78, 5) is 11.2. The quantitative estimate of drug-likeness (QED) is 0.826. The largest absolute Gasteiger partial charge is 0.459 e. The fraction of sp³-hybridized carbons (Fsp3) is 0.500. The highest BCUT2D eigenvalue weighted by molar-refractivity contribution is 5.71. The predicted octanol–water partition coefficient (Wildman–Crippen LogP) is 1.66. The average molecular weight is 250 g/mol. The molecule has 0 amide bonds. The maximum atomic E-state index is 11.2. The summed E-state index contributed by atoms with van der Waals surface area (Å²) in [5, 5.41) is 9.53. The number of carbonyl (C=O) groups excluding carboxylic acids is 1. The minimum Gasteiger partial charge on any atom is -0.459 e. The zero-order valence-corrected chi connectivity index (χ0v) is 10.4.